The number of hydrogen-bond acceptors (Lipinski definition) is 2. The lowest BCUT2D eigenvalue weighted by atomic mass is 10.1. The lowest BCUT2D eigenvalue weighted by Crippen LogP contribution is -1.97. The normalized spacial score (nSPS) is 9.92. The largest absolute Gasteiger partial charge is 0.397 e. The molecule has 0 bridgehead atoms. The molecular formula is C8H7BrClNO. The van der Waals surface area contributed by atoms with Crippen molar-refractivity contribution in [3.8, 4) is 0 Å². The molecule has 0 radical (unpaired) electrons. The molecule has 2 nitrogen and oxygen atoms in total. The number of anilines is 1. The van der Waals surface area contributed by atoms with Gasteiger partial charge in [-0.15, -0.1) is 0 Å². The van der Waals surface area contributed by atoms with Crippen LogP contribution in [-0.2, 0) is 0 Å². The van der Waals surface area contributed by atoms with Gasteiger partial charge in [0.2, 0.25) is 0 Å². The number of hydrogen-bond donors (Lipinski definition) is 1. The molecule has 12 heavy (non-hydrogen) atoms. The maximum atomic E-state index is 11.0. The van der Waals surface area contributed by atoms with Crippen LogP contribution in [0.3, 0.4) is 0 Å². The second-order valence-electron chi connectivity index (χ2n) is 2.41. The van der Waals surface area contributed by atoms with E-state index < -0.39 is 0 Å². The van der Waals surface area contributed by atoms with Crippen LogP contribution in [0, 0.1) is 0 Å². The van der Waals surface area contributed by atoms with Crippen molar-refractivity contribution in [2.45, 2.75) is 6.92 Å². The van der Waals surface area contributed by atoms with Crippen molar-refractivity contribution < 1.29 is 4.79 Å². The van der Waals surface area contributed by atoms with Gasteiger partial charge in [0.25, 0.3) is 0 Å². The molecular weight excluding hydrogens is 241 g/mol. The number of nitrogens with two attached hydrogens (primary N) is 1. The first-order valence-electron chi connectivity index (χ1n) is 3.28. The summed E-state index contributed by atoms with van der Waals surface area (Å²) >= 11 is 9.02. The fourth-order valence-electron chi connectivity index (χ4n) is 0.867. The summed E-state index contributed by atoms with van der Waals surface area (Å²) in [5.74, 6) is -0.0898. The van der Waals surface area contributed by atoms with Gasteiger partial charge < -0.3 is 5.73 Å². The van der Waals surface area contributed by atoms with Crippen LogP contribution >= 0.6 is 27.5 Å². The summed E-state index contributed by atoms with van der Waals surface area (Å²) in [6.07, 6.45) is 0. The molecule has 0 aliphatic carbocycles. The Morgan fingerprint density at radius 1 is 1.58 bits per heavy atom. The van der Waals surface area contributed by atoms with E-state index in [1.54, 1.807) is 12.1 Å². The molecule has 64 valence electrons. The van der Waals surface area contributed by atoms with E-state index >= 15 is 0 Å². The van der Waals surface area contributed by atoms with E-state index in [2.05, 4.69) is 15.9 Å². The minimum atomic E-state index is -0.0898. The van der Waals surface area contributed by atoms with Crippen molar-refractivity contribution in [2.24, 2.45) is 0 Å². The van der Waals surface area contributed by atoms with Gasteiger partial charge in [0, 0.05) is 10.0 Å². The van der Waals surface area contributed by atoms with Crippen LogP contribution in [0.2, 0.25) is 5.02 Å². The molecule has 0 fully saturated rings. The average Bonchev–Trinajstić information content (AvgIpc) is 1.96. The molecule has 1 aromatic carbocycles. The SMILES string of the molecule is CC(=O)c1cc(Br)cc(N)c1Cl. The summed E-state index contributed by atoms with van der Waals surface area (Å²) < 4.78 is 0.759. The van der Waals surface area contributed by atoms with Crippen molar-refractivity contribution in [3.05, 3.63) is 27.2 Å². The molecule has 4 heteroatoms. The number of benzene rings is 1. The lowest BCUT2D eigenvalue weighted by Gasteiger charge is -2.03. The molecule has 2 N–H and O–H groups in total. The Hall–Kier alpha value is -0.540. The van der Waals surface area contributed by atoms with Crippen LogP contribution in [0.1, 0.15) is 17.3 Å². The molecule has 0 spiro atoms. The minimum Gasteiger partial charge on any atom is -0.397 e. The highest BCUT2D eigenvalue weighted by Gasteiger charge is 2.09. The summed E-state index contributed by atoms with van der Waals surface area (Å²) in [4.78, 5) is 11.0. The van der Waals surface area contributed by atoms with E-state index in [1.807, 2.05) is 0 Å². The molecule has 0 heterocycles. The Morgan fingerprint density at radius 3 is 2.67 bits per heavy atom. The highest BCUT2D eigenvalue weighted by atomic mass is 79.9. The first-order chi connectivity index (χ1) is 5.52. The summed E-state index contributed by atoms with van der Waals surface area (Å²) in [7, 11) is 0. The van der Waals surface area contributed by atoms with Crippen LogP contribution in [0.15, 0.2) is 16.6 Å². The maximum Gasteiger partial charge on any atom is 0.161 e. The number of nitrogen functional groups attached to an aromatic ring is 1. The first-order valence-corrected chi connectivity index (χ1v) is 4.45. The van der Waals surface area contributed by atoms with Crippen LogP contribution in [0.4, 0.5) is 5.69 Å². The van der Waals surface area contributed by atoms with E-state index in [1.165, 1.54) is 6.92 Å². The van der Waals surface area contributed by atoms with Gasteiger partial charge in [-0.05, 0) is 19.1 Å². The van der Waals surface area contributed by atoms with Crippen LogP contribution < -0.4 is 5.73 Å². The quantitative estimate of drug-likeness (QED) is 0.613. The second kappa shape index (κ2) is 3.46. The topological polar surface area (TPSA) is 43.1 Å². The predicted octanol–water partition coefficient (Wildman–Crippen LogP) is 2.89. The third-order valence-electron chi connectivity index (χ3n) is 1.44. The molecule has 0 saturated heterocycles. The fraction of sp³-hybridized carbons (Fsp3) is 0.125. The number of carbonyl (C=O) groups is 1. The van der Waals surface area contributed by atoms with Crippen LogP contribution in [-0.4, -0.2) is 5.78 Å². The van der Waals surface area contributed by atoms with Gasteiger partial charge in [-0.1, -0.05) is 27.5 Å². The van der Waals surface area contributed by atoms with Gasteiger partial charge in [-0.2, -0.15) is 0 Å². The molecule has 1 aromatic rings. The van der Waals surface area contributed by atoms with Crippen molar-refractivity contribution >= 4 is 39.0 Å². The Kier molecular flexibility index (Phi) is 2.75. The van der Waals surface area contributed by atoms with Crippen LogP contribution in [0.25, 0.3) is 0 Å². The maximum absolute atomic E-state index is 11.0. The van der Waals surface area contributed by atoms with E-state index in [0.29, 0.717) is 16.3 Å². The Morgan fingerprint density at radius 2 is 2.17 bits per heavy atom. The van der Waals surface area contributed by atoms with Crippen molar-refractivity contribution in [2.75, 3.05) is 5.73 Å². The number of carbonyl (C=O) groups excluding carboxylic acids is 1. The van der Waals surface area contributed by atoms with Gasteiger partial charge in [0.1, 0.15) is 0 Å². The Bertz CT molecular complexity index is 338. The number of Topliss-reactive ketones (excluding diaryl/α,β-unsaturated/α-hetero) is 1. The molecule has 0 aliphatic heterocycles. The number of halogens is 2. The molecule has 0 aromatic heterocycles. The van der Waals surface area contributed by atoms with Gasteiger partial charge in [0.15, 0.2) is 5.78 Å². The summed E-state index contributed by atoms with van der Waals surface area (Å²) in [5.41, 5.74) is 6.41. The van der Waals surface area contributed by atoms with Crippen molar-refractivity contribution in [3.63, 3.8) is 0 Å². The average molecular weight is 249 g/mol. The van der Waals surface area contributed by atoms with E-state index in [4.69, 9.17) is 17.3 Å². The van der Waals surface area contributed by atoms with E-state index in [-0.39, 0.29) is 5.78 Å². The van der Waals surface area contributed by atoms with E-state index in [9.17, 15) is 4.79 Å². The molecule has 1 rings (SSSR count). The summed E-state index contributed by atoms with van der Waals surface area (Å²) in [6.45, 7) is 1.45. The Balaban J connectivity index is 3.37. The third-order valence-corrected chi connectivity index (χ3v) is 2.32. The monoisotopic (exact) mass is 247 g/mol. The number of ketones is 1. The minimum absolute atomic E-state index is 0.0898. The zero-order valence-corrected chi connectivity index (χ0v) is 8.74. The lowest BCUT2D eigenvalue weighted by molar-refractivity contribution is 0.101. The zero-order valence-electron chi connectivity index (χ0n) is 6.40. The number of rotatable bonds is 1. The second-order valence-corrected chi connectivity index (χ2v) is 3.71. The van der Waals surface area contributed by atoms with Gasteiger partial charge in [-0.3, -0.25) is 4.79 Å². The predicted molar refractivity (Wildman–Crippen MR) is 53.6 cm³/mol. The molecule has 0 amide bonds. The molecule has 0 saturated carbocycles. The zero-order chi connectivity index (χ0) is 9.30. The molecule has 0 atom stereocenters. The summed E-state index contributed by atoms with van der Waals surface area (Å²) in [5, 5.41) is 0.325. The molecule has 0 aliphatic rings. The smallest absolute Gasteiger partial charge is 0.161 e. The first kappa shape index (κ1) is 9.55. The van der Waals surface area contributed by atoms with Crippen molar-refractivity contribution in [1.29, 1.82) is 0 Å². The van der Waals surface area contributed by atoms with E-state index in [0.717, 1.165) is 4.47 Å². The van der Waals surface area contributed by atoms with Crippen molar-refractivity contribution in [1.82, 2.24) is 0 Å². The highest BCUT2D eigenvalue weighted by Crippen LogP contribution is 2.28. The van der Waals surface area contributed by atoms with Gasteiger partial charge in [0.05, 0.1) is 10.7 Å². The highest BCUT2D eigenvalue weighted by molar-refractivity contribution is 9.10. The summed E-state index contributed by atoms with van der Waals surface area (Å²) in [6, 6.07) is 3.32. The third kappa shape index (κ3) is 1.79. The molecule has 0 unspecified atom stereocenters. The Labute approximate surface area is 83.8 Å². The van der Waals surface area contributed by atoms with Crippen LogP contribution in [0.5, 0.6) is 0 Å². The fourth-order valence-corrected chi connectivity index (χ4v) is 1.58. The van der Waals surface area contributed by atoms with Gasteiger partial charge >= 0.3 is 0 Å². The standard InChI is InChI=1S/C8H7BrClNO/c1-4(12)6-2-5(9)3-7(11)8(6)10/h2-3H,11H2,1H3. The van der Waals surface area contributed by atoms with Gasteiger partial charge in [-0.25, -0.2) is 0 Å².